The van der Waals surface area contributed by atoms with Crippen LogP contribution in [0.5, 0.6) is 0 Å². The Morgan fingerprint density at radius 2 is 2.10 bits per heavy atom. The number of nitrogens with zero attached hydrogens (tertiary/aromatic N) is 2. The third kappa shape index (κ3) is 3.71. The minimum absolute atomic E-state index is 0.0529. The van der Waals surface area contributed by atoms with E-state index in [4.69, 9.17) is 9.47 Å². The zero-order chi connectivity index (χ0) is 14.5. The van der Waals surface area contributed by atoms with Crippen LogP contribution < -0.4 is 0 Å². The van der Waals surface area contributed by atoms with Crippen molar-refractivity contribution in [2.45, 2.75) is 18.6 Å². The summed E-state index contributed by atoms with van der Waals surface area (Å²) in [6, 6.07) is 0. The first-order valence-corrected chi connectivity index (χ1v) is 7.47. The summed E-state index contributed by atoms with van der Waals surface area (Å²) < 4.78 is 10.0. The molecule has 0 radical (unpaired) electrons. The first kappa shape index (κ1) is 15.3. The fourth-order valence-electron chi connectivity index (χ4n) is 2.07. The second-order valence-corrected chi connectivity index (χ2v) is 5.67. The van der Waals surface area contributed by atoms with Crippen molar-refractivity contribution in [1.82, 2.24) is 9.80 Å². The van der Waals surface area contributed by atoms with Crippen LogP contribution in [0.1, 0.15) is 13.3 Å². The van der Waals surface area contributed by atoms with E-state index in [0.29, 0.717) is 26.3 Å². The lowest BCUT2D eigenvalue weighted by atomic mass is 10.3. The Morgan fingerprint density at radius 1 is 1.40 bits per heavy atom. The average Bonchev–Trinajstić information content (AvgIpc) is 2.68. The summed E-state index contributed by atoms with van der Waals surface area (Å²) in [4.78, 5) is 38.6. The zero-order valence-electron chi connectivity index (χ0n) is 11.4. The van der Waals surface area contributed by atoms with Crippen molar-refractivity contribution in [3.63, 3.8) is 0 Å². The molecule has 2 aliphatic rings. The Bertz CT molecular complexity index is 397. The standard InChI is InChI=1S/C12H18N2O5S/c1-2-19-10(15)7-9-11(16)14(12(17)20-9)8-13-3-5-18-6-4-13/h9H,2-8H2,1H3. The van der Waals surface area contributed by atoms with Gasteiger partial charge in [-0.15, -0.1) is 0 Å². The second kappa shape index (κ2) is 7.05. The van der Waals surface area contributed by atoms with Crippen molar-refractivity contribution >= 4 is 28.9 Å². The Balaban J connectivity index is 1.89. The number of ether oxygens (including phenoxy) is 2. The molecular weight excluding hydrogens is 284 g/mol. The maximum absolute atomic E-state index is 12.1. The smallest absolute Gasteiger partial charge is 0.307 e. The van der Waals surface area contributed by atoms with Crippen molar-refractivity contribution in [2.75, 3.05) is 39.6 Å². The minimum Gasteiger partial charge on any atom is -0.466 e. The molecule has 2 heterocycles. The van der Waals surface area contributed by atoms with E-state index in [9.17, 15) is 14.4 Å². The highest BCUT2D eigenvalue weighted by atomic mass is 32.2. The molecule has 2 amide bonds. The number of carbonyl (C=O) groups is 3. The van der Waals surface area contributed by atoms with E-state index in [-0.39, 0.29) is 30.8 Å². The fraction of sp³-hybridized carbons (Fsp3) is 0.750. The van der Waals surface area contributed by atoms with E-state index in [1.165, 1.54) is 4.90 Å². The quantitative estimate of drug-likeness (QED) is 0.676. The Morgan fingerprint density at radius 3 is 2.75 bits per heavy atom. The molecular formula is C12H18N2O5S. The molecule has 0 aromatic rings. The van der Waals surface area contributed by atoms with Crippen LogP contribution in [0.15, 0.2) is 0 Å². The monoisotopic (exact) mass is 302 g/mol. The number of carbonyl (C=O) groups excluding carboxylic acids is 3. The highest BCUT2D eigenvalue weighted by molar-refractivity contribution is 8.15. The molecule has 0 spiro atoms. The van der Waals surface area contributed by atoms with E-state index in [1.807, 2.05) is 4.90 Å². The van der Waals surface area contributed by atoms with Gasteiger partial charge in [0, 0.05) is 13.1 Å². The highest BCUT2D eigenvalue weighted by Gasteiger charge is 2.41. The van der Waals surface area contributed by atoms with Gasteiger partial charge in [-0.2, -0.15) is 0 Å². The highest BCUT2D eigenvalue weighted by Crippen LogP contribution is 2.29. The molecule has 0 aliphatic carbocycles. The third-order valence-electron chi connectivity index (χ3n) is 3.11. The van der Waals surface area contributed by atoms with Crippen LogP contribution >= 0.6 is 11.8 Å². The second-order valence-electron chi connectivity index (χ2n) is 4.52. The number of amides is 2. The third-order valence-corrected chi connectivity index (χ3v) is 4.18. The van der Waals surface area contributed by atoms with Gasteiger partial charge in [0.1, 0.15) is 5.25 Å². The van der Waals surface area contributed by atoms with Crippen LogP contribution in [0.3, 0.4) is 0 Å². The molecule has 7 nitrogen and oxygen atoms in total. The largest absolute Gasteiger partial charge is 0.466 e. The van der Waals surface area contributed by atoms with Crippen LogP contribution in [0, 0.1) is 0 Å². The SMILES string of the molecule is CCOC(=O)CC1SC(=O)N(CN2CCOCC2)C1=O. The van der Waals surface area contributed by atoms with Crippen LogP contribution in [0.25, 0.3) is 0 Å². The molecule has 2 saturated heterocycles. The summed E-state index contributed by atoms with van der Waals surface area (Å²) in [5.41, 5.74) is 0. The van der Waals surface area contributed by atoms with Gasteiger partial charge in [-0.3, -0.25) is 24.2 Å². The van der Waals surface area contributed by atoms with E-state index < -0.39 is 11.2 Å². The first-order chi connectivity index (χ1) is 9.61. The van der Waals surface area contributed by atoms with Gasteiger partial charge in [0.2, 0.25) is 5.91 Å². The van der Waals surface area contributed by atoms with Gasteiger partial charge in [0.15, 0.2) is 0 Å². The molecule has 2 aliphatic heterocycles. The van der Waals surface area contributed by atoms with Crippen molar-refractivity contribution < 1.29 is 23.9 Å². The molecule has 0 saturated carbocycles. The summed E-state index contributed by atoms with van der Waals surface area (Å²) in [7, 11) is 0. The molecule has 0 bridgehead atoms. The van der Waals surface area contributed by atoms with Gasteiger partial charge >= 0.3 is 5.97 Å². The summed E-state index contributed by atoms with van der Waals surface area (Å²) in [6.45, 7) is 4.86. The maximum Gasteiger partial charge on any atom is 0.307 e. The van der Waals surface area contributed by atoms with E-state index >= 15 is 0 Å². The number of hydrogen-bond acceptors (Lipinski definition) is 7. The van der Waals surface area contributed by atoms with Gasteiger partial charge in [-0.25, -0.2) is 0 Å². The molecule has 0 aromatic heterocycles. The molecule has 2 fully saturated rings. The van der Waals surface area contributed by atoms with Crippen LogP contribution in [-0.2, 0) is 19.1 Å². The van der Waals surface area contributed by atoms with Crippen molar-refractivity contribution in [1.29, 1.82) is 0 Å². The zero-order valence-corrected chi connectivity index (χ0v) is 12.2. The number of rotatable bonds is 5. The number of imide groups is 1. The number of hydrogen-bond donors (Lipinski definition) is 0. The van der Waals surface area contributed by atoms with Crippen LogP contribution in [0.2, 0.25) is 0 Å². The molecule has 1 atom stereocenters. The topological polar surface area (TPSA) is 76.2 Å². The number of esters is 1. The molecule has 112 valence electrons. The van der Waals surface area contributed by atoms with E-state index in [0.717, 1.165) is 11.8 Å². The lowest BCUT2D eigenvalue weighted by Gasteiger charge is -2.29. The molecule has 1 unspecified atom stereocenters. The number of morpholine rings is 1. The minimum atomic E-state index is -0.650. The average molecular weight is 302 g/mol. The molecule has 0 N–H and O–H groups in total. The summed E-state index contributed by atoms with van der Waals surface area (Å²) in [6.07, 6.45) is -0.0529. The van der Waals surface area contributed by atoms with Crippen molar-refractivity contribution in [3.05, 3.63) is 0 Å². The Hall–Kier alpha value is -1.12. The van der Waals surface area contributed by atoms with Gasteiger partial charge in [0.25, 0.3) is 5.24 Å². The lowest BCUT2D eigenvalue weighted by molar-refractivity contribution is -0.145. The lowest BCUT2D eigenvalue weighted by Crippen LogP contribution is -2.46. The van der Waals surface area contributed by atoms with Gasteiger partial charge in [-0.1, -0.05) is 11.8 Å². The maximum atomic E-state index is 12.1. The van der Waals surface area contributed by atoms with Crippen molar-refractivity contribution in [3.8, 4) is 0 Å². The van der Waals surface area contributed by atoms with Crippen LogP contribution in [-0.4, -0.2) is 71.7 Å². The molecule has 0 aromatic carbocycles. The summed E-state index contributed by atoms with van der Waals surface area (Å²) in [5, 5.41) is -0.946. The molecule has 20 heavy (non-hydrogen) atoms. The van der Waals surface area contributed by atoms with Gasteiger partial charge in [-0.05, 0) is 6.92 Å². The van der Waals surface area contributed by atoms with E-state index in [1.54, 1.807) is 6.92 Å². The fourth-order valence-corrected chi connectivity index (χ4v) is 3.04. The first-order valence-electron chi connectivity index (χ1n) is 6.59. The number of thioether (sulfide) groups is 1. The molecule has 8 heteroatoms. The van der Waals surface area contributed by atoms with Gasteiger partial charge in [0.05, 0.1) is 32.9 Å². The van der Waals surface area contributed by atoms with Gasteiger partial charge < -0.3 is 9.47 Å². The summed E-state index contributed by atoms with van der Waals surface area (Å²) in [5.74, 6) is -0.751. The predicted octanol–water partition coefficient (Wildman–Crippen LogP) is 0.293. The predicted molar refractivity (Wildman–Crippen MR) is 72.1 cm³/mol. The van der Waals surface area contributed by atoms with Crippen LogP contribution in [0.4, 0.5) is 4.79 Å². The normalized spacial score (nSPS) is 24.2. The Kier molecular flexibility index (Phi) is 5.38. The Labute approximate surface area is 121 Å². The van der Waals surface area contributed by atoms with Crippen molar-refractivity contribution in [2.24, 2.45) is 0 Å². The molecule has 2 rings (SSSR count). The van der Waals surface area contributed by atoms with E-state index in [2.05, 4.69) is 0 Å². The summed E-state index contributed by atoms with van der Waals surface area (Å²) >= 11 is 0.903.